The van der Waals surface area contributed by atoms with Crippen LogP contribution < -0.4 is 131 Å². The molecular weight excluding hydrogens is 1950 g/mol. The number of hydrogen-bond acceptors (Lipinski definition) is 24. The topological polar surface area (TPSA) is 896 Å². The number of nitrogens with one attached hydrogen (secondary N) is 24. The largest absolute Gasteiger partial charge is 0.480 e. The molecule has 0 aliphatic carbocycles. The SMILES string of the molecule is CC[C@H](C)[C@H](NC(=O)[C@H](Cc1c[nH]c2ccccc12)NC(=O)[C@@H](N)CCCNC(=N)N)C(=O)N[C@@H](CCCNC(=N)N)C(=O)N1CCC[C@H]1C(=O)N[C@@H](CCCNC(=N)N)C(=O)N1CCC[C@H]1C(=O)N1CCC[C@H]1C(=O)N[C@@H](CCCNC(=N)N)C(=O)N[C@@H](CC(C)C)C(=O)N1CCC[C@H]1C(=O)N[C@@H](CCCNC(=N)N)C(=O)N1CCC[C@H]1C(=O)N[C@@H](CCCNC(=N)N)C(=O)N1CCC[C@H]1C(=O)N[C@@H](CCCNC(=N)N)C(=O)O. The first-order valence-corrected chi connectivity index (χ1v) is 52.0. The summed E-state index contributed by atoms with van der Waals surface area (Å²) in [7, 11) is 0. The number of amides is 15. The molecule has 0 bridgehead atoms. The predicted molar refractivity (Wildman–Crippen MR) is 556 cm³/mol. The minimum Gasteiger partial charge on any atom is -0.480 e. The second-order valence-corrected chi connectivity index (χ2v) is 39.5. The summed E-state index contributed by atoms with van der Waals surface area (Å²) in [4.78, 5) is 247. The van der Waals surface area contributed by atoms with E-state index in [0.717, 1.165) is 10.9 Å². The van der Waals surface area contributed by atoms with Gasteiger partial charge in [0, 0.05) is 109 Å². The van der Waals surface area contributed by atoms with Gasteiger partial charge in [0.05, 0.1) is 6.04 Å². The number of guanidine groups is 7. The van der Waals surface area contributed by atoms with E-state index in [-0.39, 0.29) is 268 Å². The molecule has 41 N–H and O–H groups in total. The molecule has 15 amide bonds. The maximum absolute atomic E-state index is 15.4. The van der Waals surface area contributed by atoms with E-state index in [4.69, 9.17) is 83.7 Å². The Balaban J connectivity index is 0.960. The summed E-state index contributed by atoms with van der Waals surface area (Å²) in [6.45, 7) is 8.08. The normalized spacial score (nSPS) is 19.5. The number of fused-ring (bicyclic) bond motifs is 1. The number of nitrogens with two attached hydrogens (primary N) is 8. The van der Waals surface area contributed by atoms with Crippen molar-refractivity contribution in [2.45, 2.75) is 311 Å². The molecule has 17 atom stereocenters. The van der Waals surface area contributed by atoms with Crippen molar-refractivity contribution in [3.05, 3.63) is 36.0 Å². The van der Waals surface area contributed by atoms with E-state index in [9.17, 15) is 33.9 Å². The molecule has 832 valence electrons. The minimum absolute atomic E-state index is 0.0108. The number of H-pyrrole nitrogens is 1. The summed E-state index contributed by atoms with van der Waals surface area (Å²) >= 11 is 0. The van der Waals surface area contributed by atoms with Gasteiger partial charge in [-0.15, -0.1) is 0 Å². The zero-order chi connectivity index (χ0) is 110. The second-order valence-electron chi connectivity index (χ2n) is 39.5. The molecule has 6 fully saturated rings. The van der Waals surface area contributed by atoms with Gasteiger partial charge in [-0.2, -0.15) is 0 Å². The number of aromatic nitrogens is 1. The third-order valence-corrected chi connectivity index (χ3v) is 27.8. The highest BCUT2D eigenvalue weighted by Crippen LogP contribution is 2.31. The highest BCUT2D eigenvalue weighted by Gasteiger charge is 2.50. The lowest BCUT2D eigenvalue weighted by atomic mass is 9.96. The molecule has 0 spiro atoms. The molecule has 0 radical (unpaired) electrons. The summed E-state index contributed by atoms with van der Waals surface area (Å²) in [5.74, 6) is -15.4. The molecule has 150 heavy (non-hydrogen) atoms. The van der Waals surface area contributed by atoms with Gasteiger partial charge < -0.3 is 170 Å². The van der Waals surface area contributed by atoms with E-state index in [2.05, 4.69) is 90.1 Å². The summed E-state index contributed by atoms with van der Waals surface area (Å²) in [6.07, 6.45) is 5.56. The van der Waals surface area contributed by atoms with Gasteiger partial charge in [0.25, 0.3) is 0 Å². The number of benzene rings is 1. The van der Waals surface area contributed by atoms with Crippen LogP contribution >= 0.6 is 0 Å². The Morgan fingerprint density at radius 3 is 1.00 bits per heavy atom. The van der Waals surface area contributed by atoms with Gasteiger partial charge in [0.15, 0.2) is 41.7 Å². The van der Waals surface area contributed by atoms with Gasteiger partial charge >= 0.3 is 5.97 Å². The second kappa shape index (κ2) is 60.0. The van der Waals surface area contributed by atoms with Gasteiger partial charge in [0.1, 0.15) is 90.6 Å². The Kier molecular flexibility index (Phi) is 48.1. The Labute approximate surface area is 871 Å². The zero-order valence-electron chi connectivity index (χ0n) is 86.3. The quantitative estimate of drug-likeness (QED) is 0.0166. The minimum atomic E-state index is -1.42. The Hall–Kier alpha value is -14.9. The maximum atomic E-state index is 15.4. The number of para-hydroxylation sites is 1. The smallest absolute Gasteiger partial charge is 0.326 e. The lowest BCUT2D eigenvalue weighted by molar-refractivity contribution is -0.148. The molecule has 1 aromatic heterocycles. The maximum Gasteiger partial charge on any atom is 0.326 e. The highest BCUT2D eigenvalue weighted by molar-refractivity contribution is 6.02. The van der Waals surface area contributed by atoms with E-state index >= 15 is 47.9 Å². The van der Waals surface area contributed by atoms with Crippen LogP contribution in [0.25, 0.3) is 10.9 Å². The van der Waals surface area contributed by atoms with Crippen molar-refractivity contribution < 1.29 is 81.8 Å². The van der Waals surface area contributed by atoms with E-state index in [1.807, 2.05) is 24.3 Å². The lowest BCUT2D eigenvalue weighted by Gasteiger charge is -2.34. The molecule has 6 aliphatic rings. The number of likely N-dealkylation sites (tertiary alicyclic amines) is 6. The molecular formula is C95H160N38O17. The lowest BCUT2D eigenvalue weighted by Crippen LogP contribution is -2.61. The number of aliphatic carboxylic acids is 1. The third-order valence-electron chi connectivity index (χ3n) is 27.8. The van der Waals surface area contributed by atoms with E-state index < -0.39 is 197 Å². The number of rotatable bonds is 59. The van der Waals surface area contributed by atoms with Crippen LogP contribution in [0, 0.1) is 49.7 Å². The van der Waals surface area contributed by atoms with Crippen LogP contribution in [-0.4, -0.2) is 358 Å². The number of hydrogen-bond donors (Lipinski definition) is 33. The first-order valence-electron chi connectivity index (χ1n) is 52.0. The monoisotopic (exact) mass is 2110 g/mol. The van der Waals surface area contributed by atoms with Crippen LogP contribution in [0.3, 0.4) is 0 Å². The molecule has 55 nitrogen and oxygen atoms in total. The molecule has 8 rings (SSSR count). The fourth-order valence-corrected chi connectivity index (χ4v) is 19.9. The Morgan fingerprint density at radius 1 is 0.353 bits per heavy atom. The van der Waals surface area contributed by atoms with Crippen LogP contribution in [0.4, 0.5) is 0 Å². The number of carbonyl (C=O) groups is 16. The van der Waals surface area contributed by atoms with Crippen LogP contribution in [0.5, 0.6) is 0 Å². The van der Waals surface area contributed by atoms with Gasteiger partial charge in [-0.25, -0.2) is 4.79 Å². The van der Waals surface area contributed by atoms with Crippen LogP contribution in [0.2, 0.25) is 0 Å². The average molecular weight is 2110 g/mol. The van der Waals surface area contributed by atoms with Crippen molar-refractivity contribution in [2.75, 3.05) is 85.1 Å². The first-order chi connectivity index (χ1) is 71.4. The van der Waals surface area contributed by atoms with Crippen LogP contribution in [-0.2, 0) is 83.1 Å². The number of nitrogens with zero attached hydrogens (tertiary/aromatic N) is 6. The molecule has 0 saturated carbocycles. The van der Waals surface area contributed by atoms with Crippen molar-refractivity contribution in [3.8, 4) is 0 Å². The van der Waals surface area contributed by atoms with Gasteiger partial charge in [0.2, 0.25) is 88.6 Å². The zero-order valence-corrected chi connectivity index (χ0v) is 86.3. The van der Waals surface area contributed by atoms with Crippen LogP contribution in [0.15, 0.2) is 30.5 Å². The molecule has 0 unspecified atom stereocenters. The Bertz CT molecular complexity index is 5080. The molecule has 55 heteroatoms. The van der Waals surface area contributed by atoms with Crippen molar-refractivity contribution in [1.82, 2.24) is 119 Å². The average Bonchev–Trinajstić information content (AvgIpc) is 1.64. The number of aromatic amines is 1. The Morgan fingerprint density at radius 2 is 0.640 bits per heavy atom. The summed E-state index contributed by atoms with van der Waals surface area (Å²) in [5, 5.41) is 109. The highest BCUT2D eigenvalue weighted by atomic mass is 16.4. The first kappa shape index (κ1) is 120. The van der Waals surface area contributed by atoms with E-state index in [1.165, 1.54) is 29.4 Å². The van der Waals surface area contributed by atoms with Crippen molar-refractivity contribution >= 4 is 147 Å². The van der Waals surface area contributed by atoms with Gasteiger partial charge in [-0.3, -0.25) is 110 Å². The molecule has 2 aromatic rings. The third kappa shape index (κ3) is 36.6. The predicted octanol–water partition coefficient (Wildman–Crippen LogP) is -6.63. The fourth-order valence-electron chi connectivity index (χ4n) is 19.9. The van der Waals surface area contributed by atoms with Crippen LogP contribution in [0.1, 0.15) is 213 Å². The fraction of sp³-hybridized carbons (Fsp3) is 0.674. The molecule has 6 aliphatic heterocycles. The molecule has 7 heterocycles. The summed E-state index contributed by atoms with van der Waals surface area (Å²) in [6, 6.07) is -13.1. The standard InChI is InChI=1S/C95H160N38O17/c1-5-53(4)72(127-75(136)64(50-54-51-118-57-23-7-6-21-55(54)57)125-73(134)56(96)22-8-36-111-89(97)98)81(142)123-62(28-13-41-116-94(107)108)84(145)129-44-16-31-67(129)78(139)122-61(27-12-40-115-93(105)106)85(146)133-48-20-35-71(133)87(148)132-47-19-34-70(132)76(137)119-58(24-9-37-112-90(99)100)74(135)126-65(49-52(2)3)86(147)131-46-18-32-68(131)79(140)121-59(25-10-38-113-91(101)102)82(143)128-43-15-30-66(128)77(138)120-60(26-11-39-114-92(103)104)83(144)130-45-17-33-69(130)80(141)124-63(88(149)150)29-14-42-117-95(109)110/h6-7,21,23,51-53,56,58-72,118H,5,8-20,22,24-50,96H2,1-4H3,(H,119,137)(H,120,138)(H,121,140)(H,122,139)(H,123,142)(H,124,141)(H,125,134)(H,126,135)(H,127,136)(H,149,150)(H4,97,98,111)(H4,99,100,112)(H4,101,102,113)(H4,103,104,114)(H4,105,106,115)(H4,107,108,116)(H4,109,110,117)/t53-,56-,58-,59-,60-,61-,62-,63-,64-,65-,66-,67-,68-,69-,70-,71-,72-/m0/s1. The number of carboxylic acids is 1. The van der Waals surface area contributed by atoms with Crippen molar-refractivity contribution in [1.29, 1.82) is 37.9 Å². The van der Waals surface area contributed by atoms with E-state index in [0.29, 0.717) is 56.9 Å². The molecule has 1 aromatic carbocycles. The van der Waals surface area contributed by atoms with Gasteiger partial charge in [-0.05, 0) is 197 Å². The number of carboxylic acid groups (broad SMARTS) is 1. The van der Waals surface area contributed by atoms with E-state index in [1.54, 1.807) is 33.9 Å². The van der Waals surface area contributed by atoms with Crippen molar-refractivity contribution in [3.63, 3.8) is 0 Å². The van der Waals surface area contributed by atoms with Gasteiger partial charge in [-0.1, -0.05) is 52.3 Å². The number of carbonyl (C=O) groups excluding carboxylic acids is 15. The molecule has 6 saturated heterocycles. The summed E-state index contributed by atoms with van der Waals surface area (Å²) < 4.78 is 0. The summed E-state index contributed by atoms with van der Waals surface area (Å²) in [5.41, 5.74) is 46.8. The van der Waals surface area contributed by atoms with Crippen molar-refractivity contribution in [2.24, 2.45) is 57.7 Å².